The third-order valence-electron chi connectivity index (χ3n) is 13.9. The summed E-state index contributed by atoms with van der Waals surface area (Å²) >= 11 is 1.90. The highest BCUT2D eigenvalue weighted by molar-refractivity contribution is 7.25. The first-order valence-electron chi connectivity index (χ1n) is 22.0. The molecule has 0 unspecified atom stereocenters. The Morgan fingerprint density at radius 1 is 0.525 bits per heavy atom. The summed E-state index contributed by atoms with van der Waals surface area (Å²) in [5, 5.41) is 9.26. The first-order chi connectivity index (χ1) is 28.9. The highest BCUT2D eigenvalue weighted by Crippen LogP contribution is 2.53. The predicted molar refractivity (Wildman–Crippen MR) is 268 cm³/mol. The average molecular weight is 810 g/mol. The SMILES string of the molecule is CC(C)(C)c1ccc(Nc2cc3c(cc2-c2ccc4c5cc6sc7ccccc7c6cc5n5c4c2[B]c2cc(C(C)(C)C)ccc2-5)C(C)(C)c2cc(C(C)(C)C)ccc2-3)cc1. The van der Waals surface area contributed by atoms with E-state index in [-0.39, 0.29) is 21.7 Å². The van der Waals surface area contributed by atoms with Crippen molar-refractivity contribution in [3.05, 3.63) is 149 Å². The molecule has 9 aromatic rings. The molecule has 1 radical (unpaired) electrons. The normalized spacial score (nSPS) is 14.4. The molecule has 0 saturated heterocycles. The van der Waals surface area contributed by atoms with E-state index >= 15 is 0 Å². The number of fused-ring (bicyclic) bond motifs is 11. The van der Waals surface area contributed by atoms with Crippen LogP contribution >= 0.6 is 11.3 Å². The number of aromatic nitrogens is 1. The van der Waals surface area contributed by atoms with E-state index in [1.54, 1.807) is 0 Å². The molecule has 4 heteroatoms. The summed E-state index contributed by atoms with van der Waals surface area (Å²) in [4.78, 5) is 0. The lowest BCUT2D eigenvalue weighted by Gasteiger charge is -2.28. The summed E-state index contributed by atoms with van der Waals surface area (Å²) in [7, 11) is 2.49. The molecule has 301 valence electrons. The molecule has 2 aromatic heterocycles. The van der Waals surface area contributed by atoms with Crippen molar-refractivity contribution in [2.24, 2.45) is 0 Å². The summed E-state index contributed by atoms with van der Waals surface area (Å²) in [6.07, 6.45) is 0. The van der Waals surface area contributed by atoms with Crippen molar-refractivity contribution < 1.29 is 0 Å². The van der Waals surface area contributed by atoms with Gasteiger partial charge in [0, 0.05) is 64.5 Å². The molecule has 0 saturated carbocycles. The Morgan fingerprint density at radius 3 is 1.92 bits per heavy atom. The van der Waals surface area contributed by atoms with Crippen LogP contribution in [0.5, 0.6) is 0 Å². The quantitative estimate of drug-likeness (QED) is 0.176. The predicted octanol–water partition coefficient (Wildman–Crippen LogP) is 14.7. The van der Waals surface area contributed by atoms with Gasteiger partial charge in [0.25, 0.3) is 0 Å². The van der Waals surface area contributed by atoms with Gasteiger partial charge in [-0.05, 0) is 115 Å². The molecule has 0 amide bonds. The summed E-state index contributed by atoms with van der Waals surface area (Å²) in [5.74, 6) is 0. The molecule has 1 N–H and O–H groups in total. The molecule has 3 heterocycles. The summed E-state index contributed by atoms with van der Waals surface area (Å²) in [6.45, 7) is 25.6. The van der Waals surface area contributed by atoms with Gasteiger partial charge >= 0.3 is 0 Å². The summed E-state index contributed by atoms with van der Waals surface area (Å²) in [5.41, 5.74) is 20.5. The fraction of sp³-hybridized carbons (Fsp3) is 0.263. The Hall–Kier alpha value is -5.58. The number of nitrogens with zero attached hydrogens (tertiary/aromatic N) is 1. The van der Waals surface area contributed by atoms with Gasteiger partial charge in [-0.2, -0.15) is 0 Å². The molecule has 0 spiro atoms. The first kappa shape index (κ1) is 38.4. The molecule has 0 fully saturated rings. The second-order valence-corrected chi connectivity index (χ2v) is 22.5. The van der Waals surface area contributed by atoms with Crippen LogP contribution in [0.25, 0.3) is 69.9 Å². The van der Waals surface area contributed by atoms with Crippen LogP contribution in [0.4, 0.5) is 11.4 Å². The number of benzene rings is 7. The zero-order valence-electron chi connectivity index (χ0n) is 37.5. The van der Waals surface area contributed by atoms with Gasteiger partial charge in [0.1, 0.15) is 0 Å². The number of hydrogen-bond donors (Lipinski definition) is 1. The van der Waals surface area contributed by atoms with Crippen LogP contribution in [-0.4, -0.2) is 11.8 Å². The van der Waals surface area contributed by atoms with Gasteiger partial charge in [-0.25, -0.2) is 0 Å². The van der Waals surface area contributed by atoms with Crippen molar-refractivity contribution in [1.82, 2.24) is 4.57 Å². The van der Waals surface area contributed by atoms with Crippen molar-refractivity contribution in [2.45, 2.75) is 97.8 Å². The van der Waals surface area contributed by atoms with E-state index in [2.05, 4.69) is 215 Å². The topological polar surface area (TPSA) is 17.0 Å². The summed E-state index contributed by atoms with van der Waals surface area (Å²) in [6, 6.07) is 47.0. The number of thiophene rings is 1. The molecular weight excluding hydrogens is 756 g/mol. The van der Waals surface area contributed by atoms with E-state index in [0.29, 0.717) is 0 Å². The number of anilines is 2. The smallest absolute Gasteiger partial charge is 0.197 e. The van der Waals surface area contributed by atoms with Crippen molar-refractivity contribution in [2.75, 3.05) is 5.32 Å². The summed E-state index contributed by atoms with van der Waals surface area (Å²) < 4.78 is 5.25. The largest absolute Gasteiger partial charge is 0.355 e. The monoisotopic (exact) mass is 809 g/mol. The number of nitrogens with one attached hydrogen (secondary N) is 1. The molecule has 2 nitrogen and oxygen atoms in total. The highest BCUT2D eigenvalue weighted by Gasteiger charge is 2.38. The van der Waals surface area contributed by atoms with Crippen molar-refractivity contribution in [3.8, 4) is 27.9 Å². The van der Waals surface area contributed by atoms with E-state index in [4.69, 9.17) is 0 Å². The van der Waals surface area contributed by atoms with E-state index < -0.39 is 0 Å². The Kier molecular flexibility index (Phi) is 8.01. The Bertz CT molecular complexity index is 3320. The second kappa shape index (κ2) is 12.7. The van der Waals surface area contributed by atoms with Crippen LogP contribution in [-0.2, 0) is 21.7 Å². The molecule has 1 aliphatic carbocycles. The van der Waals surface area contributed by atoms with E-state index in [1.807, 2.05) is 11.3 Å². The maximum absolute atomic E-state index is 4.00. The Labute approximate surface area is 365 Å². The number of hydrogen-bond acceptors (Lipinski definition) is 2. The molecule has 1 aliphatic heterocycles. The first-order valence-corrected chi connectivity index (χ1v) is 22.8. The van der Waals surface area contributed by atoms with Crippen LogP contribution < -0.4 is 16.2 Å². The lowest BCUT2D eigenvalue weighted by molar-refractivity contribution is 0.584. The van der Waals surface area contributed by atoms with E-state index in [1.165, 1.54) is 109 Å². The average Bonchev–Trinajstić information content (AvgIpc) is 3.81. The van der Waals surface area contributed by atoms with Crippen LogP contribution in [0.15, 0.2) is 121 Å². The lowest BCUT2D eigenvalue weighted by Crippen LogP contribution is -2.38. The van der Waals surface area contributed by atoms with Crippen molar-refractivity contribution in [1.29, 1.82) is 0 Å². The van der Waals surface area contributed by atoms with Gasteiger partial charge in [-0.3, -0.25) is 0 Å². The van der Waals surface area contributed by atoms with Crippen LogP contribution in [0.2, 0.25) is 0 Å². The third-order valence-corrected chi connectivity index (χ3v) is 15.0. The van der Waals surface area contributed by atoms with Crippen molar-refractivity contribution in [3.63, 3.8) is 0 Å². The van der Waals surface area contributed by atoms with E-state index in [0.717, 1.165) is 11.4 Å². The minimum Gasteiger partial charge on any atom is -0.355 e. The van der Waals surface area contributed by atoms with Crippen LogP contribution in [0.3, 0.4) is 0 Å². The molecule has 7 aromatic carbocycles. The zero-order chi connectivity index (χ0) is 42.5. The van der Waals surface area contributed by atoms with Crippen molar-refractivity contribution >= 4 is 82.9 Å². The maximum atomic E-state index is 4.00. The molecule has 11 rings (SSSR count). The lowest BCUT2D eigenvalue weighted by atomic mass is 9.58. The molecule has 61 heavy (non-hydrogen) atoms. The molecule has 0 atom stereocenters. The van der Waals surface area contributed by atoms with Gasteiger partial charge < -0.3 is 9.88 Å². The van der Waals surface area contributed by atoms with Gasteiger partial charge in [0.05, 0.1) is 5.52 Å². The standard InChI is InChI=1S/C57H54BN2S/c1-54(2,3)32-16-20-35(21-17-32)59-47-29-40-36-22-18-33(55(4,5)6)26-44(36)57(10,11)45(40)28-41(47)38-23-24-39-42-31-51-43(37-14-12-13-15-50(37)61-51)30-49(42)60-48-25-19-34(56(7,8)9)27-46(48)58-52(38)53(39)60/h12-31,59H,1-11H3. The Morgan fingerprint density at radius 2 is 1.18 bits per heavy atom. The van der Waals surface area contributed by atoms with Gasteiger partial charge in [-0.15, -0.1) is 11.3 Å². The maximum Gasteiger partial charge on any atom is 0.197 e. The highest BCUT2D eigenvalue weighted by atomic mass is 32.1. The van der Waals surface area contributed by atoms with Gasteiger partial charge in [0.15, 0.2) is 7.28 Å². The molecule has 2 aliphatic rings. The van der Waals surface area contributed by atoms with Crippen LogP contribution in [0, 0.1) is 0 Å². The second-order valence-electron chi connectivity index (χ2n) is 21.4. The third kappa shape index (κ3) is 5.81. The van der Waals surface area contributed by atoms with E-state index in [9.17, 15) is 0 Å². The fourth-order valence-corrected chi connectivity index (χ4v) is 11.4. The Balaban J connectivity index is 1.19. The minimum atomic E-state index is -0.170. The number of rotatable bonds is 3. The molecule has 0 bridgehead atoms. The van der Waals surface area contributed by atoms with Gasteiger partial charge in [-0.1, -0.05) is 154 Å². The fourth-order valence-electron chi connectivity index (χ4n) is 10.3. The minimum absolute atomic E-state index is 0.0194. The van der Waals surface area contributed by atoms with Gasteiger partial charge in [0.2, 0.25) is 0 Å². The molecular formula is C57H54BN2S. The zero-order valence-corrected chi connectivity index (χ0v) is 38.3. The van der Waals surface area contributed by atoms with Crippen LogP contribution in [0.1, 0.15) is 104 Å².